The molecule has 10 aromatic rings. The van der Waals surface area contributed by atoms with Crippen LogP contribution < -0.4 is 31.1 Å². The molecular formula is C81H82BN3. The summed E-state index contributed by atoms with van der Waals surface area (Å²) in [6, 6.07) is 87.0. The molecule has 2 aliphatic heterocycles. The Balaban J connectivity index is 1.18. The molecule has 0 amide bonds. The average Bonchev–Trinajstić information content (AvgIpc) is 1.69. The maximum Gasteiger partial charge on any atom is 0.252 e. The van der Waals surface area contributed by atoms with Crippen LogP contribution in [-0.2, 0) is 32.5 Å². The van der Waals surface area contributed by atoms with Gasteiger partial charge in [0.05, 0.1) is 11.1 Å². The quantitative estimate of drug-likeness (QED) is 0.147. The molecule has 0 spiro atoms. The summed E-state index contributed by atoms with van der Waals surface area (Å²) in [5.74, 6) is 0. The normalized spacial score (nSPS) is 14.3. The second-order valence-electron chi connectivity index (χ2n) is 29.5. The molecule has 85 heavy (non-hydrogen) atoms. The summed E-state index contributed by atoms with van der Waals surface area (Å²) in [6.07, 6.45) is 0. The van der Waals surface area contributed by atoms with Crippen LogP contribution in [0.1, 0.15) is 154 Å². The summed E-state index contributed by atoms with van der Waals surface area (Å²) in [5.41, 5.74) is 27.5. The molecule has 2 heterocycles. The molecule has 3 aliphatic rings. The maximum atomic E-state index is 2.65. The highest BCUT2D eigenvalue weighted by Gasteiger charge is 2.50. The number of hydrogen-bond acceptors (Lipinski definition) is 3. The number of anilines is 9. The van der Waals surface area contributed by atoms with E-state index in [1.807, 2.05) is 0 Å². The topological polar surface area (TPSA) is 9.72 Å². The minimum Gasteiger partial charge on any atom is -0.311 e. The van der Waals surface area contributed by atoms with E-state index < -0.39 is 5.41 Å². The van der Waals surface area contributed by atoms with Gasteiger partial charge in [-0.15, -0.1) is 0 Å². The van der Waals surface area contributed by atoms with Crippen LogP contribution in [0.15, 0.2) is 224 Å². The second-order valence-corrected chi connectivity index (χ2v) is 29.5. The van der Waals surface area contributed by atoms with Crippen molar-refractivity contribution in [2.24, 2.45) is 0 Å². The third-order valence-corrected chi connectivity index (χ3v) is 18.7. The number of nitrogens with zero attached hydrogens (tertiary/aromatic N) is 3. The Labute approximate surface area is 508 Å². The lowest BCUT2D eigenvalue weighted by Gasteiger charge is -2.45. The van der Waals surface area contributed by atoms with Gasteiger partial charge in [-0.2, -0.15) is 0 Å². The van der Waals surface area contributed by atoms with Gasteiger partial charge in [0.1, 0.15) is 0 Å². The predicted molar refractivity (Wildman–Crippen MR) is 366 cm³/mol. The van der Waals surface area contributed by atoms with Gasteiger partial charge >= 0.3 is 0 Å². The molecule has 13 rings (SSSR count). The van der Waals surface area contributed by atoms with Crippen molar-refractivity contribution in [3.05, 3.63) is 275 Å². The van der Waals surface area contributed by atoms with Crippen molar-refractivity contribution in [2.75, 3.05) is 14.7 Å². The molecule has 0 saturated carbocycles. The molecule has 0 unspecified atom stereocenters. The zero-order chi connectivity index (χ0) is 59.8. The van der Waals surface area contributed by atoms with E-state index in [-0.39, 0.29) is 33.8 Å². The maximum absolute atomic E-state index is 2.65. The van der Waals surface area contributed by atoms with Crippen molar-refractivity contribution in [1.82, 2.24) is 0 Å². The van der Waals surface area contributed by atoms with Gasteiger partial charge < -0.3 is 14.7 Å². The van der Waals surface area contributed by atoms with Gasteiger partial charge in [0, 0.05) is 51.1 Å². The Bertz CT molecular complexity index is 4080. The Hall–Kier alpha value is -8.34. The van der Waals surface area contributed by atoms with E-state index in [2.05, 4.69) is 343 Å². The molecule has 0 saturated heterocycles. The standard InChI is InChI=1S/C81H82BN3/c1-76(2,3)53-33-41-60(42-34-53)83(61-43-35-54(36-44-61)77(4,5)6)73-52-63(51-66-74(73)64-29-22-23-30-65(64)81(66,56-25-18-16-19-26-56)57-27-20-17-21-28-57)85-70-48-40-59(80(13,14)15)50-68(70)82-67-49-58(79(10,11)12)39-47-69(67)84(71-31-24-32-72(85)75(71)82)62-45-37-55(38-46-62)78(7,8)9/h16-52H,1-15H3. The molecule has 0 bridgehead atoms. The number of fused-ring (bicyclic) bond motifs is 7. The predicted octanol–water partition coefficient (Wildman–Crippen LogP) is 20.1. The first-order valence-corrected chi connectivity index (χ1v) is 30.9. The zero-order valence-electron chi connectivity index (χ0n) is 52.8. The van der Waals surface area contributed by atoms with E-state index in [0.29, 0.717) is 0 Å². The van der Waals surface area contributed by atoms with Crippen molar-refractivity contribution in [2.45, 2.75) is 136 Å². The zero-order valence-corrected chi connectivity index (χ0v) is 52.8. The van der Waals surface area contributed by atoms with Crippen LogP contribution in [0, 0.1) is 0 Å². The first kappa shape index (κ1) is 55.8. The first-order valence-electron chi connectivity index (χ1n) is 30.9. The van der Waals surface area contributed by atoms with Crippen molar-refractivity contribution < 1.29 is 0 Å². The lowest BCUT2D eigenvalue weighted by atomic mass is 9.33. The molecule has 0 atom stereocenters. The Kier molecular flexibility index (Phi) is 13.1. The van der Waals surface area contributed by atoms with E-state index in [1.54, 1.807) is 0 Å². The first-order chi connectivity index (χ1) is 40.3. The Morgan fingerprint density at radius 3 is 1.18 bits per heavy atom. The molecule has 0 radical (unpaired) electrons. The molecule has 1 aliphatic carbocycles. The van der Waals surface area contributed by atoms with Gasteiger partial charge in [0.15, 0.2) is 0 Å². The van der Waals surface area contributed by atoms with Gasteiger partial charge in [-0.05, 0) is 172 Å². The van der Waals surface area contributed by atoms with Crippen molar-refractivity contribution in [1.29, 1.82) is 0 Å². The van der Waals surface area contributed by atoms with E-state index in [9.17, 15) is 0 Å². The molecule has 3 nitrogen and oxygen atoms in total. The molecule has 0 fully saturated rings. The summed E-state index contributed by atoms with van der Waals surface area (Å²) >= 11 is 0. The molecule has 10 aromatic carbocycles. The third-order valence-electron chi connectivity index (χ3n) is 18.7. The summed E-state index contributed by atoms with van der Waals surface area (Å²) in [5, 5.41) is 0. The summed E-state index contributed by atoms with van der Waals surface area (Å²) < 4.78 is 0. The van der Waals surface area contributed by atoms with Crippen molar-refractivity contribution in [3.8, 4) is 11.1 Å². The van der Waals surface area contributed by atoms with E-state index >= 15 is 0 Å². The number of hydrogen-bond donors (Lipinski definition) is 0. The lowest BCUT2D eigenvalue weighted by molar-refractivity contribution is 0.590. The van der Waals surface area contributed by atoms with Gasteiger partial charge in [-0.3, -0.25) is 0 Å². The van der Waals surface area contributed by atoms with Gasteiger partial charge in [-0.25, -0.2) is 0 Å². The fraction of sp³-hybridized carbons (Fsp3) is 0.259. The third kappa shape index (κ3) is 9.25. The number of benzene rings is 10. The fourth-order valence-corrected chi connectivity index (χ4v) is 14.0. The Morgan fingerprint density at radius 1 is 0.329 bits per heavy atom. The average molecular weight is 1110 g/mol. The van der Waals surface area contributed by atoms with Crippen LogP contribution in [0.3, 0.4) is 0 Å². The molecule has 0 N–H and O–H groups in total. The van der Waals surface area contributed by atoms with Crippen LogP contribution >= 0.6 is 0 Å². The van der Waals surface area contributed by atoms with Crippen LogP contribution in [0.5, 0.6) is 0 Å². The summed E-state index contributed by atoms with van der Waals surface area (Å²) in [6.45, 7) is 34.8. The highest BCUT2D eigenvalue weighted by atomic mass is 15.2. The largest absolute Gasteiger partial charge is 0.311 e. The van der Waals surface area contributed by atoms with E-state index in [4.69, 9.17) is 0 Å². The molecule has 4 heteroatoms. The molecule has 424 valence electrons. The fourth-order valence-electron chi connectivity index (χ4n) is 14.0. The monoisotopic (exact) mass is 1110 g/mol. The van der Waals surface area contributed by atoms with Crippen molar-refractivity contribution >= 4 is 74.3 Å². The smallest absolute Gasteiger partial charge is 0.252 e. The van der Waals surface area contributed by atoms with Gasteiger partial charge in [0.25, 0.3) is 6.71 Å². The minimum atomic E-state index is -0.692. The summed E-state index contributed by atoms with van der Waals surface area (Å²) in [7, 11) is 0. The second kappa shape index (κ2) is 19.9. The van der Waals surface area contributed by atoms with Gasteiger partial charge in [-0.1, -0.05) is 256 Å². The van der Waals surface area contributed by atoms with Gasteiger partial charge in [0.2, 0.25) is 0 Å². The molecule has 0 aromatic heterocycles. The highest BCUT2D eigenvalue weighted by molar-refractivity contribution is 7.00. The van der Waals surface area contributed by atoms with Crippen LogP contribution in [0.4, 0.5) is 51.2 Å². The Morgan fingerprint density at radius 2 is 0.729 bits per heavy atom. The van der Waals surface area contributed by atoms with E-state index in [1.165, 1.54) is 100 Å². The molecular weight excluding hydrogens is 1030 g/mol. The van der Waals surface area contributed by atoms with Crippen LogP contribution in [0.2, 0.25) is 0 Å². The highest BCUT2D eigenvalue weighted by Crippen LogP contribution is 2.61. The lowest BCUT2D eigenvalue weighted by Crippen LogP contribution is -2.61. The van der Waals surface area contributed by atoms with Crippen molar-refractivity contribution in [3.63, 3.8) is 0 Å². The SMILES string of the molecule is CC(C)(C)c1ccc(N(c2ccc(C(C)(C)C)cc2)c2cc(N3c4ccc(C(C)(C)C)cc4B4c5cc(C(C)(C)C)ccc5N(c5ccc(C(C)(C)C)cc5)c5cccc3c54)cc3c2-c2ccccc2C3(c2ccccc2)c2ccccc2)cc1. The minimum absolute atomic E-state index is 0.0158. The van der Waals surface area contributed by atoms with Crippen LogP contribution in [-0.4, -0.2) is 6.71 Å². The van der Waals surface area contributed by atoms with E-state index in [0.717, 1.165) is 28.4 Å². The number of rotatable bonds is 7. The summed E-state index contributed by atoms with van der Waals surface area (Å²) in [4.78, 5) is 7.77. The van der Waals surface area contributed by atoms with Crippen LogP contribution in [0.25, 0.3) is 11.1 Å².